The highest BCUT2D eigenvalue weighted by molar-refractivity contribution is 5.80. The number of carbonyl (C=O) groups excluding carboxylic acids is 2. The van der Waals surface area contributed by atoms with E-state index in [9.17, 15) is 9.59 Å². The second-order valence-electron chi connectivity index (χ2n) is 8.92. The Kier molecular flexibility index (Phi) is 11.2. The fourth-order valence-corrected chi connectivity index (χ4v) is 2.60. The first-order chi connectivity index (χ1) is 11.0. The monoisotopic (exact) mass is 341 g/mol. The summed E-state index contributed by atoms with van der Waals surface area (Å²) in [6.45, 7) is 10.1. The van der Waals surface area contributed by atoms with Gasteiger partial charge in [0, 0.05) is 25.3 Å². The van der Waals surface area contributed by atoms with Gasteiger partial charge in [0.2, 0.25) is 5.91 Å². The minimum absolute atomic E-state index is 0.0847. The van der Waals surface area contributed by atoms with Crippen LogP contribution in [-0.4, -0.2) is 50.4 Å². The molecule has 1 atom stereocenters. The van der Waals surface area contributed by atoms with Crippen molar-refractivity contribution in [3.63, 3.8) is 0 Å². The quantitative estimate of drug-likeness (QED) is 0.410. The molecule has 0 saturated carbocycles. The van der Waals surface area contributed by atoms with Crippen molar-refractivity contribution in [1.82, 2.24) is 5.32 Å². The van der Waals surface area contributed by atoms with Gasteiger partial charge < -0.3 is 9.80 Å². The van der Waals surface area contributed by atoms with E-state index in [0.717, 1.165) is 43.3 Å². The highest BCUT2D eigenvalue weighted by atomic mass is 16.1. The smallest absolute Gasteiger partial charge is 0.220 e. The van der Waals surface area contributed by atoms with Gasteiger partial charge in [-0.25, -0.2) is 0 Å². The molecule has 0 aromatic heterocycles. The van der Waals surface area contributed by atoms with Crippen LogP contribution in [0.1, 0.15) is 66.2 Å². The van der Waals surface area contributed by atoms with Gasteiger partial charge in [-0.1, -0.05) is 27.7 Å². The largest absolute Gasteiger partial charge is 0.356 e. The number of quaternary nitrogens is 1. The van der Waals surface area contributed by atoms with Crippen LogP contribution in [0.25, 0.3) is 0 Å². The van der Waals surface area contributed by atoms with Crippen molar-refractivity contribution >= 4 is 11.7 Å². The fraction of sp³-hybridized carbons (Fsp3) is 0.900. The Morgan fingerprint density at radius 3 is 2.08 bits per heavy atom. The molecule has 24 heavy (non-hydrogen) atoms. The summed E-state index contributed by atoms with van der Waals surface area (Å²) >= 11 is 0. The first-order valence-corrected chi connectivity index (χ1v) is 9.61. The van der Waals surface area contributed by atoms with E-state index in [1.807, 2.05) is 13.8 Å². The average Bonchev–Trinajstić information content (AvgIpc) is 2.45. The molecule has 142 valence electrons. The van der Waals surface area contributed by atoms with E-state index < -0.39 is 0 Å². The molecule has 4 heteroatoms. The van der Waals surface area contributed by atoms with Gasteiger partial charge in [-0.05, 0) is 37.5 Å². The minimum atomic E-state index is 0.0847. The highest BCUT2D eigenvalue weighted by Crippen LogP contribution is 2.20. The predicted octanol–water partition coefficient (Wildman–Crippen LogP) is 3.65. The lowest BCUT2D eigenvalue weighted by atomic mass is 9.90. The van der Waals surface area contributed by atoms with Crippen molar-refractivity contribution in [2.45, 2.75) is 66.2 Å². The van der Waals surface area contributed by atoms with Gasteiger partial charge >= 0.3 is 0 Å². The number of amides is 1. The Bertz CT molecular complexity index is 370. The zero-order valence-electron chi connectivity index (χ0n) is 17.2. The molecule has 4 nitrogen and oxygen atoms in total. The summed E-state index contributed by atoms with van der Waals surface area (Å²) in [5.41, 5.74) is 0. The Balaban J connectivity index is 4.27. The van der Waals surface area contributed by atoms with Gasteiger partial charge in [0.05, 0.1) is 27.7 Å². The molecule has 0 bridgehead atoms. The van der Waals surface area contributed by atoms with Crippen LogP contribution in [0.15, 0.2) is 0 Å². The average molecular weight is 342 g/mol. The third-order valence-corrected chi connectivity index (χ3v) is 4.40. The Hall–Kier alpha value is -0.900. The molecule has 1 N–H and O–H groups in total. The summed E-state index contributed by atoms with van der Waals surface area (Å²) in [7, 11) is 6.51. The van der Waals surface area contributed by atoms with Gasteiger partial charge in [0.1, 0.15) is 5.78 Å². The third kappa shape index (κ3) is 13.5. The van der Waals surface area contributed by atoms with Crippen molar-refractivity contribution in [1.29, 1.82) is 0 Å². The molecule has 0 radical (unpaired) electrons. The molecule has 1 unspecified atom stereocenters. The summed E-state index contributed by atoms with van der Waals surface area (Å²) in [4.78, 5) is 24.1. The Morgan fingerprint density at radius 1 is 0.958 bits per heavy atom. The minimum Gasteiger partial charge on any atom is -0.356 e. The number of hydrogen-bond acceptors (Lipinski definition) is 2. The Morgan fingerprint density at radius 2 is 1.58 bits per heavy atom. The molecule has 0 aliphatic rings. The van der Waals surface area contributed by atoms with E-state index in [1.54, 1.807) is 0 Å². The van der Waals surface area contributed by atoms with Crippen LogP contribution < -0.4 is 5.32 Å². The zero-order chi connectivity index (χ0) is 18.8. The maximum absolute atomic E-state index is 12.1. The van der Waals surface area contributed by atoms with Crippen molar-refractivity contribution in [2.24, 2.45) is 17.8 Å². The molecule has 0 aromatic rings. The SMILES string of the molecule is CC(C)CCCNC(=O)CCC(CC[N+](C)(C)C)CC(=O)C(C)C. The molecule has 0 rings (SSSR count). The fourth-order valence-electron chi connectivity index (χ4n) is 2.60. The highest BCUT2D eigenvalue weighted by Gasteiger charge is 2.20. The Labute approximate surface area is 150 Å². The number of nitrogens with zero attached hydrogens (tertiary/aromatic N) is 1. The summed E-state index contributed by atoms with van der Waals surface area (Å²) in [6, 6.07) is 0. The molecule has 0 spiro atoms. The molecule has 0 aliphatic heterocycles. The molecule has 0 aromatic carbocycles. The van der Waals surface area contributed by atoms with Gasteiger partial charge in [0.15, 0.2) is 0 Å². The van der Waals surface area contributed by atoms with E-state index in [2.05, 4.69) is 40.3 Å². The summed E-state index contributed by atoms with van der Waals surface area (Å²) in [5.74, 6) is 1.54. The molecule has 1 amide bonds. The van der Waals surface area contributed by atoms with Crippen LogP contribution in [-0.2, 0) is 9.59 Å². The predicted molar refractivity (Wildman–Crippen MR) is 102 cm³/mol. The zero-order valence-corrected chi connectivity index (χ0v) is 17.2. The summed E-state index contributed by atoms with van der Waals surface area (Å²) in [5, 5.41) is 3.01. The van der Waals surface area contributed by atoms with Gasteiger partial charge in [-0.15, -0.1) is 0 Å². The first-order valence-electron chi connectivity index (χ1n) is 9.61. The molecule has 0 saturated heterocycles. The number of ketones is 1. The van der Waals surface area contributed by atoms with Crippen LogP contribution >= 0.6 is 0 Å². The number of hydrogen-bond donors (Lipinski definition) is 1. The van der Waals surface area contributed by atoms with Crippen LogP contribution in [0.5, 0.6) is 0 Å². The van der Waals surface area contributed by atoms with Crippen molar-refractivity contribution in [3.8, 4) is 0 Å². The van der Waals surface area contributed by atoms with Gasteiger partial charge in [-0.3, -0.25) is 9.59 Å². The molecule has 0 heterocycles. The van der Waals surface area contributed by atoms with Crippen LogP contribution in [0.4, 0.5) is 0 Å². The molecular weight excluding hydrogens is 300 g/mol. The number of Topliss-reactive ketones (excluding diaryl/α,β-unsaturated/α-hetero) is 1. The van der Waals surface area contributed by atoms with Crippen LogP contribution in [0, 0.1) is 17.8 Å². The second kappa shape index (κ2) is 11.6. The lowest BCUT2D eigenvalue weighted by molar-refractivity contribution is -0.870. The van der Waals surface area contributed by atoms with Crippen molar-refractivity contribution in [3.05, 3.63) is 0 Å². The third-order valence-electron chi connectivity index (χ3n) is 4.40. The van der Waals surface area contributed by atoms with Crippen molar-refractivity contribution < 1.29 is 14.1 Å². The first kappa shape index (κ1) is 23.1. The normalized spacial score (nSPS) is 13.4. The maximum Gasteiger partial charge on any atom is 0.220 e. The lowest BCUT2D eigenvalue weighted by Crippen LogP contribution is -2.36. The molecule has 0 fully saturated rings. The number of rotatable bonds is 13. The van der Waals surface area contributed by atoms with E-state index in [4.69, 9.17) is 0 Å². The lowest BCUT2D eigenvalue weighted by Gasteiger charge is -2.26. The van der Waals surface area contributed by atoms with Gasteiger partial charge in [0.25, 0.3) is 0 Å². The summed E-state index contributed by atoms with van der Waals surface area (Å²) in [6.07, 6.45) is 5.15. The number of carbonyl (C=O) groups is 2. The van der Waals surface area contributed by atoms with Crippen LogP contribution in [0.3, 0.4) is 0 Å². The van der Waals surface area contributed by atoms with Gasteiger partial charge in [-0.2, -0.15) is 0 Å². The molecular formula is C20H41N2O2+. The maximum atomic E-state index is 12.1. The standard InChI is InChI=1S/C20H40N2O2/c1-16(2)9-8-13-21-20(24)11-10-18(12-14-22(5,6)7)15-19(23)17(3)4/h16-18H,8-15H2,1-7H3/p+1. The summed E-state index contributed by atoms with van der Waals surface area (Å²) < 4.78 is 0.897. The molecule has 0 aliphatic carbocycles. The van der Waals surface area contributed by atoms with E-state index >= 15 is 0 Å². The van der Waals surface area contributed by atoms with E-state index in [1.165, 1.54) is 0 Å². The van der Waals surface area contributed by atoms with Crippen LogP contribution in [0.2, 0.25) is 0 Å². The van der Waals surface area contributed by atoms with Crippen molar-refractivity contribution in [2.75, 3.05) is 34.2 Å². The van der Waals surface area contributed by atoms with E-state index in [0.29, 0.717) is 30.5 Å². The topological polar surface area (TPSA) is 46.2 Å². The number of nitrogens with one attached hydrogen (secondary N) is 1. The van der Waals surface area contributed by atoms with E-state index in [-0.39, 0.29) is 11.8 Å². The second-order valence-corrected chi connectivity index (χ2v) is 8.92.